The minimum absolute atomic E-state index is 0.0555. The summed E-state index contributed by atoms with van der Waals surface area (Å²) in [5.74, 6) is -0.784. The lowest BCUT2D eigenvalue weighted by Crippen LogP contribution is -2.06. The summed E-state index contributed by atoms with van der Waals surface area (Å²) in [5, 5.41) is 0.167. The second-order valence-corrected chi connectivity index (χ2v) is 7.16. The Balaban J connectivity index is 2.37. The van der Waals surface area contributed by atoms with Gasteiger partial charge < -0.3 is 0 Å². The molecule has 0 amide bonds. The summed E-state index contributed by atoms with van der Waals surface area (Å²) in [6.07, 6.45) is 0. The third kappa shape index (κ3) is 3.35. The molecular formula is C13H9BrClFO2S. The fourth-order valence-electron chi connectivity index (χ4n) is 1.62. The summed E-state index contributed by atoms with van der Waals surface area (Å²) >= 11 is 8.89. The average molecular weight is 364 g/mol. The Morgan fingerprint density at radius 3 is 2.47 bits per heavy atom. The predicted octanol–water partition coefficient (Wildman–Crippen LogP) is 4.22. The first kappa shape index (κ1) is 14.5. The van der Waals surface area contributed by atoms with Gasteiger partial charge in [0.2, 0.25) is 0 Å². The van der Waals surface area contributed by atoms with Crippen molar-refractivity contribution in [1.29, 1.82) is 0 Å². The van der Waals surface area contributed by atoms with E-state index in [0.717, 1.165) is 0 Å². The molecule has 0 aromatic heterocycles. The third-order valence-electron chi connectivity index (χ3n) is 2.51. The molecule has 2 aromatic carbocycles. The molecule has 0 heterocycles. The Hall–Kier alpha value is -0.910. The first-order chi connectivity index (χ1) is 8.90. The van der Waals surface area contributed by atoms with E-state index in [1.807, 2.05) is 0 Å². The molecule has 0 fully saturated rings. The molecule has 0 saturated heterocycles. The highest BCUT2D eigenvalue weighted by Crippen LogP contribution is 2.25. The van der Waals surface area contributed by atoms with Crippen molar-refractivity contribution in [3.63, 3.8) is 0 Å². The Morgan fingerprint density at radius 2 is 1.84 bits per heavy atom. The van der Waals surface area contributed by atoms with Gasteiger partial charge in [-0.25, -0.2) is 12.8 Å². The van der Waals surface area contributed by atoms with E-state index < -0.39 is 15.7 Å². The smallest absolute Gasteiger partial charge is 0.183 e. The first-order valence-corrected chi connectivity index (χ1v) is 8.14. The van der Waals surface area contributed by atoms with Crippen LogP contribution in [0.1, 0.15) is 5.56 Å². The van der Waals surface area contributed by atoms with Gasteiger partial charge in [-0.05, 0) is 45.8 Å². The van der Waals surface area contributed by atoms with E-state index >= 15 is 0 Å². The van der Waals surface area contributed by atoms with Gasteiger partial charge in [0.15, 0.2) is 9.84 Å². The molecule has 0 N–H and O–H groups in total. The zero-order chi connectivity index (χ0) is 14.0. The van der Waals surface area contributed by atoms with Crippen molar-refractivity contribution in [1.82, 2.24) is 0 Å². The normalized spacial score (nSPS) is 11.5. The van der Waals surface area contributed by atoms with Crippen molar-refractivity contribution in [3.05, 3.63) is 63.3 Å². The maximum atomic E-state index is 13.4. The van der Waals surface area contributed by atoms with E-state index in [9.17, 15) is 12.8 Å². The highest BCUT2D eigenvalue weighted by atomic mass is 79.9. The van der Waals surface area contributed by atoms with Crippen LogP contribution in [0.15, 0.2) is 51.8 Å². The van der Waals surface area contributed by atoms with Gasteiger partial charge in [-0.2, -0.15) is 0 Å². The highest BCUT2D eigenvalue weighted by Gasteiger charge is 2.18. The molecule has 0 aliphatic heterocycles. The SMILES string of the molecule is O=S(=O)(Cc1ccc(Br)c(F)c1)c1ccccc1Cl. The van der Waals surface area contributed by atoms with E-state index in [1.54, 1.807) is 18.2 Å². The van der Waals surface area contributed by atoms with Crippen LogP contribution in [0.2, 0.25) is 5.02 Å². The fraction of sp³-hybridized carbons (Fsp3) is 0.0769. The number of hydrogen-bond acceptors (Lipinski definition) is 2. The zero-order valence-electron chi connectivity index (χ0n) is 9.61. The van der Waals surface area contributed by atoms with Crippen LogP contribution in [-0.4, -0.2) is 8.42 Å². The number of sulfone groups is 1. The van der Waals surface area contributed by atoms with Crippen molar-refractivity contribution in [2.24, 2.45) is 0 Å². The molecule has 0 bridgehead atoms. The summed E-state index contributed by atoms with van der Waals surface area (Å²) in [7, 11) is -3.59. The van der Waals surface area contributed by atoms with Crippen LogP contribution in [0, 0.1) is 5.82 Å². The van der Waals surface area contributed by atoms with E-state index in [4.69, 9.17) is 11.6 Å². The van der Waals surface area contributed by atoms with Gasteiger partial charge in [-0.1, -0.05) is 29.8 Å². The summed E-state index contributed by atoms with van der Waals surface area (Å²) in [4.78, 5) is 0.0555. The van der Waals surface area contributed by atoms with Crippen molar-refractivity contribution >= 4 is 37.4 Å². The second-order valence-electron chi connectivity index (χ2n) is 3.94. The van der Waals surface area contributed by atoms with E-state index in [-0.39, 0.29) is 15.7 Å². The number of rotatable bonds is 3. The number of halogens is 3. The van der Waals surface area contributed by atoms with Crippen LogP contribution < -0.4 is 0 Å². The van der Waals surface area contributed by atoms with Gasteiger partial charge in [0, 0.05) is 0 Å². The highest BCUT2D eigenvalue weighted by molar-refractivity contribution is 9.10. The Morgan fingerprint density at radius 1 is 1.16 bits per heavy atom. The molecule has 2 rings (SSSR count). The molecule has 6 heteroatoms. The van der Waals surface area contributed by atoms with Crippen molar-refractivity contribution in [2.75, 3.05) is 0 Å². The van der Waals surface area contributed by atoms with E-state index in [2.05, 4.69) is 15.9 Å². The molecule has 0 atom stereocenters. The zero-order valence-corrected chi connectivity index (χ0v) is 12.8. The summed E-state index contributed by atoms with van der Waals surface area (Å²) < 4.78 is 38.1. The van der Waals surface area contributed by atoms with Crippen LogP contribution in [0.4, 0.5) is 4.39 Å². The summed E-state index contributed by atoms with van der Waals surface area (Å²) in [6.45, 7) is 0. The number of hydrogen-bond donors (Lipinski definition) is 0. The van der Waals surface area contributed by atoms with Gasteiger partial charge in [-0.3, -0.25) is 0 Å². The molecule has 2 aromatic rings. The van der Waals surface area contributed by atoms with E-state index in [1.165, 1.54) is 24.3 Å². The van der Waals surface area contributed by atoms with Crippen LogP contribution in [0.25, 0.3) is 0 Å². The predicted molar refractivity (Wildman–Crippen MR) is 76.4 cm³/mol. The first-order valence-electron chi connectivity index (χ1n) is 5.31. The van der Waals surface area contributed by atoms with Gasteiger partial charge in [0.05, 0.1) is 20.1 Å². The maximum absolute atomic E-state index is 13.4. The van der Waals surface area contributed by atoms with E-state index in [0.29, 0.717) is 10.0 Å². The van der Waals surface area contributed by atoms with Crippen molar-refractivity contribution in [3.8, 4) is 0 Å². The van der Waals surface area contributed by atoms with Gasteiger partial charge in [-0.15, -0.1) is 0 Å². The van der Waals surface area contributed by atoms with Gasteiger partial charge >= 0.3 is 0 Å². The van der Waals surface area contributed by atoms with Gasteiger partial charge in [0.25, 0.3) is 0 Å². The standard InChI is InChI=1S/C13H9BrClFO2S/c14-10-6-5-9(7-12(10)16)8-19(17,18)13-4-2-1-3-11(13)15/h1-7H,8H2. The topological polar surface area (TPSA) is 34.1 Å². The summed E-state index contributed by atoms with van der Waals surface area (Å²) in [5.41, 5.74) is 0.376. The van der Waals surface area contributed by atoms with Crippen molar-refractivity contribution < 1.29 is 12.8 Å². The van der Waals surface area contributed by atoms with Crippen molar-refractivity contribution in [2.45, 2.75) is 10.6 Å². The molecule has 0 aliphatic carbocycles. The minimum Gasteiger partial charge on any atom is -0.223 e. The molecule has 0 spiro atoms. The lowest BCUT2D eigenvalue weighted by molar-refractivity contribution is 0.594. The molecular weight excluding hydrogens is 355 g/mol. The molecule has 0 saturated carbocycles. The van der Waals surface area contributed by atoms with Crippen LogP contribution in [0.3, 0.4) is 0 Å². The maximum Gasteiger partial charge on any atom is 0.183 e. The Bertz CT molecular complexity index is 716. The second kappa shape index (κ2) is 5.61. The van der Waals surface area contributed by atoms with Crippen LogP contribution >= 0.6 is 27.5 Å². The summed E-state index contributed by atoms with van der Waals surface area (Å²) in [6, 6.07) is 10.4. The largest absolute Gasteiger partial charge is 0.223 e. The Kier molecular flexibility index (Phi) is 4.28. The lowest BCUT2D eigenvalue weighted by Gasteiger charge is -2.07. The molecule has 19 heavy (non-hydrogen) atoms. The molecule has 0 unspecified atom stereocenters. The average Bonchev–Trinajstić information content (AvgIpc) is 2.34. The Labute approximate surface area is 124 Å². The van der Waals surface area contributed by atoms with Crippen LogP contribution in [0.5, 0.6) is 0 Å². The molecule has 0 aliphatic rings. The number of benzene rings is 2. The lowest BCUT2D eigenvalue weighted by atomic mass is 10.2. The minimum atomic E-state index is -3.59. The fourth-order valence-corrected chi connectivity index (χ4v) is 3.78. The monoisotopic (exact) mass is 362 g/mol. The quantitative estimate of drug-likeness (QED) is 0.818. The molecule has 0 radical (unpaired) electrons. The van der Waals surface area contributed by atoms with Crippen LogP contribution in [-0.2, 0) is 15.6 Å². The molecule has 2 nitrogen and oxygen atoms in total. The van der Waals surface area contributed by atoms with Gasteiger partial charge in [0.1, 0.15) is 5.82 Å². The molecule has 100 valence electrons. The third-order valence-corrected chi connectivity index (χ3v) is 5.34.